The van der Waals surface area contributed by atoms with Crippen LogP contribution in [0.25, 0.3) is 6.08 Å². The summed E-state index contributed by atoms with van der Waals surface area (Å²) in [6.45, 7) is 2.72. The molecule has 0 fully saturated rings. The monoisotopic (exact) mass is 467 g/mol. The molecule has 0 atom stereocenters. The predicted molar refractivity (Wildman–Crippen MR) is 136 cm³/mol. The maximum atomic E-state index is 13.8. The molecular weight excluding hydrogens is 442 g/mol. The highest BCUT2D eigenvalue weighted by Crippen LogP contribution is 2.27. The number of aryl methyl sites for hydroxylation is 1. The van der Waals surface area contributed by atoms with Crippen molar-refractivity contribution < 1.29 is 4.79 Å². The molecule has 0 aliphatic carbocycles. The number of carbonyl (C=O) groups excluding carboxylic acids is 1. The highest BCUT2D eigenvalue weighted by molar-refractivity contribution is 7.10. The van der Waals surface area contributed by atoms with Crippen LogP contribution in [0.5, 0.6) is 0 Å². The van der Waals surface area contributed by atoms with Crippen molar-refractivity contribution in [1.29, 1.82) is 0 Å². The van der Waals surface area contributed by atoms with Crippen molar-refractivity contribution in [3.05, 3.63) is 128 Å². The molecule has 6 heteroatoms. The highest BCUT2D eigenvalue weighted by atomic mass is 32.1. The van der Waals surface area contributed by atoms with Crippen molar-refractivity contribution in [1.82, 2.24) is 14.5 Å². The number of fused-ring (bicyclic) bond motifs is 1. The number of thiophene rings is 1. The molecule has 1 aliphatic heterocycles. The lowest BCUT2D eigenvalue weighted by molar-refractivity contribution is -0.126. The summed E-state index contributed by atoms with van der Waals surface area (Å²) in [6, 6.07) is 23.8. The molecular formula is C28H25N3O2S. The molecule has 2 aromatic carbocycles. The van der Waals surface area contributed by atoms with Gasteiger partial charge in [0.2, 0.25) is 5.91 Å². The molecule has 0 N–H and O–H groups in total. The lowest BCUT2D eigenvalue weighted by atomic mass is 9.97. The summed E-state index contributed by atoms with van der Waals surface area (Å²) in [6.07, 6.45) is 3.94. The number of aromatic nitrogens is 2. The number of hydrogen-bond acceptors (Lipinski definition) is 4. The number of benzene rings is 2. The van der Waals surface area contributed by atoms with E-state index < -0.39 is 0 Å². The van der Waals surface area contributed by atoms with E-state index in [1.165, 1.54) is 0 Å². The van der Waals surface area contributed by atoms with E-state index in [2.05, 4.69) is 0 Å². The summed E-state index contributed by atoms with van der Waals surface area (Å²) in [5, 5.41) is 1.98. The second kappa shape index (κ2) is 9.61. The van der Waals surface area contributed by atoms with Crippen molar-refractivity contribution in [3.63, 3.8) is 0 Å². The normalized spacial score (nSPS) is 13.4. The van der Waals surface area contributed by atoms with E-state index in [0.717, 1.165) is 16.0 Å². The van der Waals surface area contributed by atoms with Gasteiger partial charge in [0.25, 0.3) is 5.56 Å². The maximum Gasteiger partial charge on any atom is 0.257 e. The molecule has 0 bridgehead atoms. The van der Waals surface area contributed by atoms with Crippen LogP contribution in [0.4, 0.5) is 0 Å². The van der Waals surface area contributed by atoms with E-state index in [-0.39, 0.29) is 17.5 Å². The Hall–Kier alpha value is -3.77. The molecule has 3 heterocycles. The van der Waals surface area contributed by atoms with Crippen LogP contribution in [0, 0.1) is 6.92 Å². The molecule has 2 aromatic heterocycles. The van der Waals surface area contributed by atoms with Gasteiger partial charge in [-0.2, -0.15) is 0 Å². The zero-order valence-corrected chi connectivity index (χ0v) is 19.7. The summed E-state index contributed by atoms with van der Waals surface area (Å²) in [5.41, 5.74) is 3.44. The van der Waals surface area contributed by atoms with E-state index in [4.69, 9.17) is 4.98 Å². The first-order valence-corrected chi connectivity index (χ1v) is 12.2. The van der Waals surface area contributed by atoms with Crippen LogP contribution in [0.1, 0.15) is 39.1 Å². The second-order valence-corrected chi connectivity index (χ2v) is 9.32. The van der Waals surface area contributed by atoms with E-state index in [0.29, 0.717) is 36.6 Å². The van der Waals surface area contributed by atoms with Gasteiger partial charge in [-0.15, -0.1) is 11.3 Å². The molecule has 0 saturated carbocycles. The van der Waals surface area contributed by atoms with Crippen molar-refractivity contribution in [3.8, 4) is 0 Å². The first-order chi connectivity index (χ1) is 16.6. The molecule has 0 radical (unpaired) electrons. The smallest absolute Gasteiger partial charge is 0.257 e. The van der Waals surface area contributed by atoms with E-state index in [1.807, 2.05) is 91.2 Å². The molecule has 170 valence electrons. The highest BCUT2D eigenvalue weighted by Gasteiger charge is 2.27. The Morgan fingerprint density at radius 3 is 2.29 bits per heavy atom. The standard InChI is InChI=1S/C28H25N3O2S/c1-20-29-25-19-30(26(32)15-14-23-13-8-18-34-23)17-16-24(25)28(33)31(20)27(21-9-4-2-5-10-21)22-11-6-3-7-12-22/h2-15,18,27H,16-17,19H2,1H3. The number of rotatable bonds is 5. The van der Waals surface area contributed by atoms with Crippen LogP contribution in [0.2, 0.25) is 0 Å². The van der Waals surface area contributed by atoms with Gasteiger partial charge in [0.1, 0.15) is 5.82 Å². The van der Waals surface area contributed by atoms with Gasteiger partial charge >= 0.3 is 0 Å². The minimum absolute atomic E-state index is 0.0265. The van der Waals surface area contributed by atoms with Crippen molar-refractivity contribution in [2.45, 2.75) is 25.9 Å². The molecule has 34 heavy (non-hydrogen) atoms. The van der Waals surface area contributed by atoms with Crippen LogP contribution in [-0.4, -0.2) is 26.9 Å². The van der Waals surface area contributed by atoms with Crippen LogP contribution in [0.15, 0.2) is 89.0 Å². The Morgan fingerprint density at radius 1 is 1.00 bits per heavy atom. The van der Waals surface area contributed by atoms with Gasteiger partial charge in [0.15, 0.2) is 0 Å². The molecule has 5 nitrogen and oxygen atoms in total. The topological polar surface area (TPSA) is 55.2 Å². The van der Waals surface area contributed by atoms with Gasteiger partial charge in [-0.3, -0.25) is 14.2 Å². The first kappa shape index (κ1) is 22.0. The molecule has 1 amide bonds. The van der Waals surface area contributed by atoms with E-state index in [1.54, 1.807) is 26.9 Å². The Bertz CT molecular complexity index is 1340. The van der Waals surface area contributed by atoms with Crippen LogP contribution in [-0.2, 0) is 17.8 Å². The van der Waals surface area contributed by atoms with Gasteiger partial charge in [-0.25, -0.2) is 4.98 Å². The zero-order chi connectivity index (χ0) is 23.5. The fourth-order valence-corrected chi connectivity index (χ4v) is 5.14. The van der Waals surface area contributed by atoms with Gasteiger partial charge in [0, 0.05) is 23.1 Å². The number of nitrogens with zero attached hydrogens (tertiary/aromatic N) is 3. The summed E-state index contributed by atoms with van der Waals surface area (Å²) in [5.74, 6) is 0.582. The summed E-state index contributed by atoms with van der Waals surface area (Å²) < 4.78 is 1.80. The summed E-state index contributed by atoms with van der Waals surface area (Å²) in [7, 11) is 0. The molecule has 0 saturated heterocycles. The molecule has 0 spiro atoms. The predicted octanol–water partition coefficient (Wildman–Crippen LogP) is 4.85. The van der Waals surface area contributed by atoms with E-state index in [9.17, 15) is 9.59 Å². The largest absolute Gasteiger partial charge is 0.333 e. The lowest BCUT2D eigenvalue weighted by Crippen LogP contribution is -2.41. The Kier molecular flexibility index (Phi) is 6.23. The number of carbonyl (C=O) groups is 1. The fraction of sp³-hybridized carbons (Fsp3) is 0.179. The third kappa shape index (κ3) is 4.37. The minimum Gasteiger partial charge on any atom is -0.333 e. The van der Waals surface area contributed by atoms with Crippen LogP contribution in [0.3, 0.4) is 0 Å². The molecule has 4 aromatic rings. The van der Waals surface area contributed by atoms with Crippen LogP contribution < -0.4 is 5.56 Å². The lowest BCUT2D eigenvalue weighted by Gasteiger charge is -2.30. The van der Waals surface area contributed by atoms with Gasteiger partial charge in [-0.1, -0.05) is 66.7 Å². The third-order valence-corrected chi connectivity index (χ3v) is 7.01. The van der Waals surface area contributed by atoms with Gasteiger partial charge < -0.3 is 4.90 Å². The second-order valence-electron chi connectivity index (χ2n) is 8.34. The van der Waals surface area contributed by atoms with Crippen molar-refractivity contribution >= 4 is 23.3 Å². The van der Waals surface area contributed by atoms with Gasteiger partial charge in [0.05, 0.1) is 18.3 Å². The quantitative estimate of drug-likeness (QED) is 0.394. The molecule has 5 rings (SSSR count). The van der Waals surface area contributed by atoms with Crippen LogP contribution >= 0.6 is 11.3 Å². The summed E-state index contributed by atoms with van der Waals surface area (Å²) >= 11 is 1.59. The Morgan fingerprint density at radius 2 is 1.68 bits per heavy atom. The SMILES string of the molecule is Cc1nc2c(c(=O)n1C(c1ccccc1)c1ccccc1)CCN(C(=O)C=Cc1cccs1)C2. The fourth-order valence-electron chi connectivity index (χ4n) is 4.52. The number of amides is 1. The van der Waals surface area contributed by atoms with E-state index >= 15 is 0 Å². The zero-order valence-electron chi connectivity index (χ0n) is 18.9. The Labute approximate surface area is 202 Å². The van der Waals surface area contributed by atoms with Crippen molar-refractivity contribution in [2.75, 3.05) is 6.54 Å². The first-order valence-electron chi connectivity index (χ1n) is 11.3. The molecule has 1 aliphatic rings. The average Bonchev–Trinajstić information content (AvgIpc) is 3.39. The third-order valence-electron chi connectivity index (χ3n) is 6.18. The minimum atomic E-state index is -0.263. The van der Waals surface area contributed by atoms with Gasteiger partial charge in [-0.05, 0) is 42.0 Å². The average molecular weight is 468 g/mol. The summed E-state index contributed by atoms with van der Waals surface area (Å²) in [4.78, 5) is 34.2. The molecule has 0 unspecified atom stereocenters. The maximum absolute atomic E-state index is 13.8. The number of hydrogen-bond donors (Lipinski definition) is 0. The Balaban J connectivity index is 1.50. The van der Waals surface area contributed by atoms with Crippen molar-refractivity contribution in [2.24, 2.45) is 0 Å².